The van der Waals surface area contributed by atoms with Gasteiger partial charge < -0.3 is 22.5 Å². The number of nitrogens with two attached hydrogens (primary N) is 3. The van der Waals surface area contributed by atoms with E-state index in [1.165, 1.54) is 11.6 Å². The van der Waals surface area contributed by atoms with Crippen LogP contribution in [-0.4, -0.2) is 18.1 Å². The molecule has 0 unspecified atom stereocenters. The molecule has 0 saturated heterocycles. The molecule has 0 saturated carbocycles. The zero-order chi connectivity index (χ0) is 19.1. The molecule has 8 N–H and O–H groups in total. The van der Waals surface area contributed by atoms with Gasteiger partial charge in [-0.25, -0.2) is 0 Å². The molecule has 0 bridgehead atoms. The van der Waals surface area contributed by atoms with Gasteiger partial charge in [0, 0.05) is 34.9 Å². The van der Waals surface area contributed by atoms with Crippen LogP contribution in [-0.2, 0) is 6.54 Å². The van der Waals surface area contributed by atoms with Gasteiger partial charge in [-0.1, -0.05) is 42.5 Å². The molecule has 134 valence electrons. The molecule has 5 nitrogen and oxygen atoms in total. The Bertz CT molecular complexity index is 884. The molecular formula is C20H23N5S. The fourth-order valence-corrected chi connectivity index (χ4v) is 2.77. The van der Waals surface area contributed by atoms with Gasteiger partial charge >= 0.3 is 0 Å². The van der Waals surface area contributed by atoms with Crippen molar-refractivity contribution in [2.75, 3.05) is 12.8 Å². The van der Waals surface area contributed by atoms with Crippen LogP contribution < -0.4 is 22.5 Å². The smallest absolute Gasteiger partial charge is 0.0862 e. The molecule has 0 atom stereocenters. The number of benzene rings is 2. The average Bonchev–Trinajstić information content (AvgIpc) is 2.64. The highest BCUT2D eigenvalue weighted by molar-refractivity contribution is 7.79. The third kappa shape index (κ3) is 4.56. The lowest BCUT2D eigenvalue weighted by Gasteiger charge is -2.11. The summed E-state index contributed by atoms with van der Waals surface area (Å²) in [7, 11) is 1.90. The van der Waals surface area contributed by atoms with Crippen molar-refractivity contribution in [2.24, 2.45) is 11.5 Å². The lowest BCUT2D eigenvalue weighted by Crippen LogP contribution is -2.14. The maximum Gasteiger partial charge on any atom is 0.0862 e. The zero-order valence-electron chi connectivity index (χ0n) is 14.6. The summed E-state index contributed by atoms with van der Waals surface area (Å²) in [4.78, 5) is 0. The van der Waals surface area contributed by atoms with E-state index >= 15 is 0 Å². The molecule has 2 aromatic rings. The Balaban J connectivity index is 2.37. The minimum absolute atomic E-state index is 0.157. The van der Waals surface area contributed by atoms with Gasteiger partial charge in [-0.2, -0.15) is 0 Å². The Hall–Kier alpha value is -2.96. The van der Waals surface area contributed by atoms with Crippen LogP contribution in [0.3, 0.4) is 0 Å². The highest BCUT2D eigenvalue weighted by atomic mass is 32.1. The number of nitrogens with one attached hydrogen (secondary N) is 2. The fraction of sp³-hybridized carbons (Fsp3) is 0.100. The van der Waals surface area contributed by atoms with Crippen LogP contribution in [0.4, 0.5) is 5.69 Å². The van der Waals surface area contributed by atoms with Crippen molar-refractivity contribution in [3.8, 4) is 0 Å². The van der Waals surface area contributed by atoms with Crippen LogP contribution in [0.5, 0.6) is 0 Å². The molecule has 6 heteroatoms. The van der Waals surface area contributed by atoms with Gasteiger partial charge in [-0.3, -0.25) is 5.41 Å². The van der Waals surface area contributed by atoms with Gasteiger partial charge in [0.1, 0.15) is 0 Å². The number of nitrogen functional groups attached to an aromatic ring is 1. The Labute approximate surface area is 159 Å². The van der Waals surface area contributed by atoms with Crippen molar-refractivity contribution in [1.29, 1.82) is 5.41 Å². The van der Waals surface area contributed by atoms with E-state index in [9.17, 15) is 0 Å². The Kier molecular flexibility index (Phi) is 6.66. The van der Waals surface area contributed by atoms with E-state index in [1.54, 1.807) is 18.2 Å². The second-order valence-electron chi connectivity index (χ2n) is 5.79. The molecule has 0 aliphatic heterocycles. The molecule has 0 radical (unpaired) electrons. The summed E-state index contributed by atoms with van der Waals surface area (Å²) < 4.78 is 0. The normalized spacial score (nSPS) is 12.0. The highest BCUT2D eigenvalue weighted by Crippen LogP contribution is 2.22. The third-order valence-electron chi connectivity index (χ3n) is 3.91. The van der Waals surface area contributed by atoms with E-state index in [-0.39, 0.29) is 5.71 Å². The quantitative estimate of drug-likeness (QED) is 0.224. The van der Waals surface area contributed by atoms with Crippen LogP contribution in [0.25, 0.3) is 11.6 Å². The van der Waals surface area contributed by atoms with Crippen molar-refractivity contribution in [2.45, 2.75) is 6.54 Å². The fourth-order valence-electron chi connectivity index (χ4n) is 2.56. The predicted molar refractivity (Wildman–Crippen MR) is 115 cm³/mol. The summed E-state index contributed by atoms with van der Waals surface area (Å²) >= 11 is 4.97. The first-order valence-corrected chi connectivity index (χ1v) is 8.54. The van der Waals surface area contributed by atoms with E-state index in [1.807, 2.05) is 37.4 Å². The van der Waals surface area contributed by atoms with Crippen LogP contribution in [0.15, 0.2) is 54.4 Å². The Morgan fingerprint density at radius 3 is 2.65 bits per heavy atom. The molecule has 0 aromatic heterocycles. The summed E-state index contributed by atoms with van der Waals surface area (Å²) in [5, 5.41) is 13.0. The number of hydrogen-bond acceptors (Lipinski definition) is 6. The standard InChI is InChI=1S/C20H23N5S/c1-25-11-14-4-2-3-13(7-14)8-19(23)20(24)17-9-15(5-6-18(17)22)16(10-21)12-26/h2-10,12,24-25H,11,21-23H2,1H3/b16-10?,19-8-,24-20?. The SMILES string of the molecule is CNCc1cccc(/C=C(\N)C(=N)c2cc(C(C=S)=CN)ccc2N)c1. The number of rotatable bonds is 7. The number of hydrogen-bond donors (Lipinski definition) is 5. The lowest BCUT2D eigenvalue weighted by atomic mass is 9.98. The number of anilines is 1. The number of thiocarbonyl (C=S) groups is 1. The Morgan fingerprint density at radius 2 is 2.00 bits per heavy atom. The van der Waals surface area contributed by atoms with Gasteiger partial charge in [0.05, 0.1) is 11.4 Å². The first-order valence-electron chi connectivity index (χ1n) is 8.07. The molecular weight excluding hydrogens is 342 g/mol. The van der Waals surface area contributed by atoms with Gasteiger partial charge in [0.25, 0.3) is 0 Å². The molecule has 0 heterocycles. The van der Waals surface area contributed by atoms with Crippen LogP contribution in [0.1, 0.15) is 22.3 Å². The van der Waals surface area contributed by atoms with Crippen LogP contribution in [0, 0.1) is 5.41 Å². The van der Waals surface area contributed by atoms with E-state index in [0.717, 1.165) is 23.2 Å². The predicted octanol–water partition coefficient (Wildman–Crippen LogP) is 2.66. The molecule has 0 spiro atoms. The molecule has 2 aromatic carbocycles. The van der Waals surface area contributed by atoms with Gasteiger partial charge in [0.15, 0.2) is 0 Å². The minimum atomic E-state index is 0.157. The monoisotopic (exact) mass is 365 g/mol. The first kappa shape index (κ1) is 19.4. The van der Waals surface area contributed by atoms with Gasteiger partial charge in [0.2, 0.25) is 0 Å². The summed E-state index contributed by atoms with van der Waals surface area (Å²) in [6, 6.07) is 13.3. The molecule has 26 heavy (non-hydrogen) atoms. The van der Waals surface area contributed by atoms with E-state index in [4.69, 9.17) is 34.8 Å². The van der Waals surface area contributed by atoms with Crippen LogP contribution >= 0.6 is 12.2 Å². The maximum absolute atomic E-state index is 8.44. The lowest BCUT2D eigenvalue weighted by molar-refractivity contribution is 0.818. The topological polar surface area (TPSA) is 114 Å². The summed E-state index contributed by atoms with van der Waals surface area (Å²) in [5.41, 5.74) is 22.9. The molecule has 0 aliphatic rings. The molecule has 0 fully saturated rings. The van der Waals surface area contributed by atoms with E-state index < -0.39 is 0 Å². The third-order valence-corrected chi connectivity index (χ3v) is 4.16. The zero-order valence-corrected chi connectivity index (χ0v) is 15.4. The molecule has 0 aliphatic carbocycles. The summed E-state index contributed by atoms with van der Waals surface area (Å²) in [6.07, 6.45) is 3.20. The highest BCUT2D eigenvalue weighted by Gasteiger charge is 2.11. The minimum Gasteiger partial charge on any atom is -0.404 e. The van der Waals surface area contributed by atoms with E-state index in [2.05, 4.69) is 5.32 Å². The van der Waals surface area contributed by atoms with E-state index in [0.29, 0.717) is 22.5 Å². The van der Waals surface area contributed by atoms with Crippen molar-refractivity contribution in [1.82, 2.24) is 5.32 Å². The first-order chi connectivity index (χ1) is 12.5. The second-order valence-corrected chi connectivity index (χ2v) is 6.03. The molecule has 2 rings (SSSR count). The van der Waals surface area contributed by atoms with Crippen molar-refractivity contribution in [3.63, 3.8) is 0 Å². The maximum atomic E-state index is 8.44. The average molecular weight is 366 g/mol. The van der Waals surface area contributed by atoms with Gasteiger partial charge in [-0.15, -0.1) is 0 Å². The van der Waals surface area contributed by atoms with Crippen LogP contribution in [0.2, 0.25) is 0 Å². The van der Waals surface area contributed by atoms with Crippen molar-refractivity contribution < 1.29 is 0 Å². The summed E-state index contributed by atoms with van der Waals surface area (Å²) in [6.45, 7) is 0.764. The second kappa shape index (κ2) is 8.94. The van der Waals surface area contributed by atoms with Gasteiger partial charge in [-0.05, 0) is 41.9 Å². The summed E-state index contributed by atoms with van der Waals surface area (Å²) in [5.74, 6) is 0. The van der Waals surface area contributed by atoms with Crippen molar-refractivity contribution >= 4 is 40.6 Å². The Morgan fingerprint density at radius 1 is 1.23 bits per heavy atom. The number of allylic oxidation sites excluding steroid dienone is 2. The van der Waals surface area contributed by atoms with Crippen molar-refractivity contribution in [3.05, 3.63) is 76.6 Å². The largest absolute Gasteiger partial charge is 0.404 e. The molecule has 0 amide bonds.